The van der Waals surface area contributed by atoms with Gasteiger partial charge in [-0.15, -0.1) is 0 Å². The minimum atomic E-state index is -1.51. The van der Waals surface area contributed by atoms with E-state index in [9.17, 15) is 9.00 Å². The van der Waals surface area contributed by atoms with E-state index >= 15 is 0 Å². The topological polar surface area (TPSA) is 72.2 Å². The van der Waals surface area contributed by atoms with Crippen molar-refractivity contribution in [3.05, 3.63) is 23.2 Å². The van der Waals surface area contributed by atoms with E-state index in [1.807, 2.05) is 20.8 Å². The van der Waals surface area contributed by atoms with Crippen LogP contribution in [0, 0.1) is 0 Å². The molecule has 0 aromatic heterocycles. The highest BCUT2D eigenvalue weighted by Crippen LogP contribution is 2.24. The summed E-state index contributed by atoms with van der Waals surface area (Å²) in [6.07, 6.45) is 0. The minimum Gasteiger partial charge on any atom is -0.399 e. The third-order valence-electron chi connectivity index (χ3n) is 2.36. The molecule has 1 aromatic carbocycles. The lowest BCUT2D eigenvalue weighted by atomic mass is 10.1. The molecule has 0 fully saturated rings. The van der Waals surface area contributed by atoms with E-state index < -0.39 is 16.0 Å². The second kappa shape index (κ2) is 5.92. The van der Waals surface area contributed by atoms with Gasteiger partial charge in [-0.05, 0) is 45.9 Å². The average Bonchev–Trinajstić information content (AvgIpc) is 2.24. The van der Waals surface area contributed by atoms with Gasteiger partial charge in [-0.25, -0.2) is 0 Å². The summed E-state index contributed by atoms with van der Waals surface area (Å²) in [5, 5.41) is 2.43. The predicted molar refractivity (Wildman–Crippen MR) is 79.6 cm³/mol. The van der Waals surface area contributed by atoms with E-state index in [-0.39, 0.29) is 11.4 Å². The fourth-order valence-corrected chi connectivity index (χ4v) is 2.94. The van der Waals surface area contributed by atoms with Crippen LogP contribution in [0.25, 0.3) is 0 Å². The first-order valence-electron chi connectivity index (χ1n) is 5.89. The van der Waals surface area contributed by atoms with Gasteiger partial charge in [0.15, 0.2) is 0 Å². The van der Waals surface area contributed by atoms with Crippen molar-refractivity contribution in [1.29, 1.82) is 0 Å². The average molecular weight is 303 g/mol. The van der Waals surface area contributed by atoms with Gasteiger partial charge in [-0.3, -0.25) is 9.00 Å². The number of rotatable bonds is 3. The predicted octanol–water partition coefficient (Wildman–Crippen LogP) is 2.33. The number of halogens is 1. The van der Waals surface area contributed by atoms with Gasteiger partial charge in [-0.1, -0.05) is 11.6 Å². The fourth-order valence-electron chi connectivity index (χ4n) is 1.44. The molecule has 1 rings (SSSR count). The van der Waals surface area contributed by atoms with Crippen molar-refractivity contribution in [2.45, 2.75) is 43.4 Å². The molecule has 0 aliphatic carbocycles. The lowest BCUT2D eigenvalue weighted by Crippen LogP contribution is -2.46. The highest BCUT2D eigenvalue weighted by molar-refractivity contribution is 7.86. The standard InChI is InChI=1S/C13H19ClN2O2S/c1-8(12(17)16-13(2,3)4)19(18)11-6-5-9(15)7-10(11)14/h5-8H,15H2,1-4H3,(H,16,17). The smallest absolute Gasteiger partial charge is 0.236 e. The Kier molecular flexibility index (Phi) is 4.98. The normalized spacial score (nSPS) is 14.8. The van der Waals surface area contributed by atoms with Crippen LogP contribution in [0.5, 0.6) is 0 Å². The molecule has 0 saturated heterocycles. The van der Waals surface area contributed by atoms with Crippen LogP contribution in [0.3, 0.4) is 0 Å². The second-order valence-corrected chi connectivity index (χ2v) is 7.52. The molecule has 19 heavy (non-hydrogen) atoms. The minimum absolute atomic E-state index is 0.265. The van der Waals surface area contributed by atoms with Gasteiger partial charge >= 0.3 is 0 Å². The number of nitrogens with two attached hydrogens (primary N) is 1. The first kappa shape index (κ1) is 16.0. The van der Waals surface area contributed by atoms with E-state index in [2.05, 4.69) is 5.32 Å². The molecule has 2 atom stereocenters. The zero-order valence-corrected chi connectivity index (χ0v) is 13.1. The molecule has 2 unspecified atom stereocenters. The molecular formula is C13H19ClN2O2S. The fraction of sp³-hybridized carbons (Fsp3) is 0.462. The summed E-state index contributed by atoms with van der Waals surface area (Å²) in [5.74, 6) is -0.265. The van der Waals surface area contributed by atoms with Crippen molar-refractivity contribution in [3.8, 4) is 0 Å². The molecule has 6 heteroatoms. The third kappa shape index (κ3) is 4.51. The number of carbonyl (C=O) groups is 1. The maximum Gasteiger partial charge on any atom is 0.236 e. The van der Waals surface area contributed by atoms with Crippen LogP contribution in [0.2, 0.25) is 5.02 Å². The summed E-state index contributed by atoms with van der Waals surface area (Å²) in [4.78, 5) is 12.4. The molecule has 3 N–H and O–H groups in total. The molecule has 106 valence electrons. The molecule has 0 aliphatic rings. The van der Waals surface area contributed by atoms with Gasteiger partial charge in [0, 0.05) is 11.2 Å². The van der Waals surface area contributed by atoms with E-state index in [0.717, 1.165) is 0 Å². The molecule has 0 heterocycles. The number of benzene rings is 1. The highest BCUT2D eigenvalue weighted by atomic mass is 35.5. The molecule has 0 radical (unpaired) electrons. The van der Waals surface area contributed by atoms with Gasteiger partial charge < -0.3 is 11.1 Å². The molecule has 0 bridgehead atoms. The Morgan fingerprint density at radius 2 is 2.00 bits per heavy atom. The molecular weight excluding hydrogens is 284 g/mol. The maximum absolute atomic E-state index is 12.3. The lowest BCUT2D eigenvalue weighted by molar-refractivity contribution is -0.121. The Hall–Kier alpha value is -1.07. The van der Waals surface area contributed by atoms with Crippen LogP contribution in [0.4, 0.5) is 5.69 Å². The summed E-state index contributed by atoms with van der Waals surface area (Å²) in [6.45, 7) is 7.23. The largest absolute Gasteiger partial charge is 0.399 e. The molecule has 1 aromatic rings. The number of hydrogen-bond acceptors (Lipinski definition) is 3. The van der Waals surface area contributed by atoms with Crippen molar-refractivity contribution in [3.63, 3.8) is 0 Å². The number of hydrogen-bond donors (Lipinski definition) is 2. The van der Waals surface area contributed by atoms with E-state index in [1.54, 1.807) is 19.1 Å². The van der Waals surface area contributed by atoms with Gasteiger partial charge in [0.1, 0.15) is 5.25 Å². The summed E-state index contributed by atoms with van der Waals surface area (Å²) in [6, 6.07) is 4.74. The van der Waals surface area contributed by atoms with Gasteiger partial charge in [0.25, 0.3) is 0 Å². The van der Waals surface area contributed by atoms with Crippen LogP contribution in [-0.2, 0) is 15.6 Å². The van der Waals surface area contributed by atoms with Crippen LogP contribution in [0.1, 0.15) is 27.7 Å². The van der Waals surface area contributed by atoms with E-state index in [1.165, 1.54) is 6.07 Å². The molecule has 0 saturated carbocycles. The van der Waals surface area contributed by atoms with E-state index in [4.69, 9.17) is 17.3 Å². The summed E-state index contributed by atoms with van der Waals surface area (Å²) in [7, 11) is -1.51. The molecule has 0 spiro atoms. The van der Waals surface area contributed by atoms with Gasteiger partial charge in [-0.2, -0.15) is 0 Å². The van der Waals surface area contributed by atoms with Crippen LogP contribution in [-0.4, -0.2) is 20.9 Å². The monoisotopic (exact) mass is 302 g/mol. The van der Waals surface area contributed by atoms with Gasteiger partial charge in [0.2, 0.25) is 5.91 Å². The Labute approximate surface area is 121 Å². The summed E-state index contributed by atoms with van der Waals surface area (Å²) in [5.41, 5.74) is 5.72. The number of amides is 1. The zero-order chi connectivity index (χ0) is 14.8. The Morgan fingerprint density at radius 3 is 2.47 bits per heavy atom. The second-order valence-electron chi connectivity index (χ2n) is 5.37. The van der Waals surface area contributed by atoms with Crippen LogP contribution >= 0.6 is 11.6 Å². The highest BCUT2D eigenvalue weighted by Gasteiger charge is 2.26. The Morgan fingerprint density at radius 1 is 1.42 bits per heavy atom. The molecule has 4 nitrogen and oxygen atoms in total. The van der Waals surface area contributed by atoms with Crippen molar-refractivity contribution < 1.29 is 9.00 Å². The summed E-state index contributed by atoms with van der Waals surface area (Å²) < 4.78 is 12.3. The van der Waals surface area contributed by atoms with E-state index in [0.29, 0.717) is 15.6 Å². The van der Waals surface area contributed by atoms with Crippen molar-refractivity contribution in [1.82, 2.24) is 5.32 Å². The Balaban J connectivity index is 2.91. The zero-order valence-electron chi connectivity index (χ0n) is 11.5. The quantitative estimate of drug-likeness (QED) is 0.842. The van der Waals surface area contributed by atoms with Crippen LogP contribution < -0.4 is 11.1 Å². The Bertz CT molecular complexity index is 512. The molecule has 0 aliphatic heterocycles. The van der Waals surface area contributed by atoms with Gasteiger partial charge in [0.05, 0.1) is 20.7 Å². The first-order chi connectivity index (χ1) is 8.61. The van der Waals surface area contributed by atoms with Crippen molar-refractivity contribution >= 4 is 34.0 Å². The number of carbonyl (C=O) groups excluding carboxylic acids is 1. The lowest BCUT2D eigenvalue weighted by Gasteiger charge is -2.23. The summed E-state index contributed by atoms with van der Waals surface area (Å²) >= 11 is 6.00. The number of nitrogen functional groups attached to an aromatic ring is 1. The van der Waals surface area contributed by atoms with Crippen molar-refractivity contribution in [2.24, 2.45) is 0 Å². The maximum atomic E-state index is 12.3. The number of anilines is 1. The van der Waals surface area contributed by atoms with Crippen molar-refractivity contribution in [2.75, 3.05) is 5.73 Å². The third-order valence-corrected chi connectivity index (χ3v) is 4.43. The van der Waals surface area contributed by atoms with Crippen LogP contribution in [0.15, 0.2) is 23.1 Å². The number of nitrogens with one attached hydrogen (secondary N) is 1. The first-order valence-corrected chi connectivity index (χ1v) is 7.48. The SMILES string of the molecule is CC(C(=O)NC(C)(C)C)S(=O)c1ccc(N)cc1Cl. The molecule has 1 amide bonds.